The van der Waals surface area contributed by atoms with E-state index in [1.807, 2.05) is 0 Å². The standard InChI is InChI=1S/C10H19NOS/c1-5-10(6-2)8(13)11-9(3,4)7-12-10/h5-7H2,1-4H3,(H,11,13). The van der Waals surface area contributed by atoms with E-state index in [1.165, 1.54) is 0 Å². The first-order chi connectivity index (χ1) is 5.96. The Labute approximate surface area is 86.0 Å². The van der Waals surface area contributed by atoms with E-state index in [2.05, 4.69) is 33.0 Å². The summed E-state index contributed by atoms with van der Waals surface area (Å²) in [4.78, 5) is 0.869. The van der Waals surface area contributed by atoms with Gasteiger partial charge in [0.05, 0.1) is 12.1 Å². The van der Waals surface area contributed by atoms with Gasteiger partial charge in [-0.2, -0.15) is 0 Å². The highest BCUT2D eigenvalue weighted by atomic mass is 32.1. The quantitative estimate of drug-likeness (QED) is 0.693. The average Bonchev–Trinajstić information content (AvgIpc) is 2.05. The maximum absolute atomic E-state index is 5.89. The first kappa shape index (κ1) is 10.9. The van der Waals surface area contributed by atoms with Gasteiger partial charge in [-0.1, -0.05) is 26.1 Å². The maximum atomic E-state index is 5.89. The molecule has 0 aromatic carbocycles. The van der Waals surface area contributed by atoms with Crippen LogP contribution in [0.5, 0.6) is 0 Å². The van der Waals surface area contributed by atoms with Crippen molar-refractivity contribution < 1.29 is 4.74 Å². The first-order valence-electron chi connectivity index (χ1n) is 4.92. The molecule has 1 rings (SSSR count). The van der Waals surface area contributed by atoms with Gasteiger partial charge in [-0.3, -0.25) is 0 Å². The smallest absolute Gasteiger partial charge is 0.117 e. The third-order valence-corrected chi connectivity index (χ3v) is 3.19. The Balaban J connectivity index is 2.78. The Morgan fingerprint density at radius 1 is 1.38 bits per heavy atom. The lowest BCUT2D eigenvalue weighted by molar-refractivity contribution is -0.0423. The lowest BCUT2D eigenvalue weighted by Crippen LogP contribution is -2.62. The molecule has 1 heterocycles. The topological polar surface area (TPSA) is 21.3 Å². The summed E-state index contributed by atoms with van der Waals surface area (Å²) in [5.74, 6) is 0. The van der Waals surface area contributed by atoms with E-state index >= 15 is 0 Å². The molecule has 0 bridgehead atoms. The predicted molar refractivity (Wildman–Crippen MR) is 59.1 cm³/mol. The van der Waals surface area contributed by atoms with E-state index in [0.717, 1.165) is 24.4 Å². The van der Waals surface area contributed by atoms with Gasteiger partial charge in [-0.25, -0.2) is 0 Å². The molecule has 0 aromatic heterocycles. The fraction of sp³-hybridized carbons (Fsp3) is 0.900. The number of hydrogen-bond acceptors (Lipinski definition) is 2. The Morgan fingerprint density at radius 2 is 1.92 bits per heavy atom. The molecule has 0 saturated carbocycles. The van der Waals surface area contributed by atoms with Crippen LogP contribution < -0.4 is 5.32 Å². The summed E-state index contributed by atoms with van der Waals surface area (Å²) < 4.78 is 5.89. The van der Waals surface area contributed by atoms with Crippen molar-refractivity contribution in [1.82, 2.24) is 5.32 Å². The van der Waals surface area contributed by atoms with E-state index in [9.17, 15) is 0 Å². The van der Waals surface area contributed by atoms with Crippen molar-refractivity contribution >= 4 is 17.2 Å². The fourth-order valence-electron chi connectivity index (χ4n) is 1.62. The van der Waals surface area contributed by atoms with E-state index < -0.39 is 0 Å². The van der Waals surface area contributed by atoms with Gasteiger partial charge in [0.2, 0.25) is 0 Å². The molecule has 0 aromatic rings. The summed E-state index contributed by atoms with van der Waals surface area (Å²) in [6.07, 6.45) is 1.90. The SMILES string of the molecule is CCC1(CC)OCC(C)(C)NC1=S. The second-order valence-electron chi connectivity index (χ2n) is 4.33. The molecule has 2 nitrogen and oxygen atoms in total. The van der Waals surface area contributed by atoms with Crippen LogP contribution in [0, 0.1) is 0 Å². The summed E-state index contributed by atoms with van der Waals surface area (Å²) in [6, 6.07) is 0. The largest absolute Gasteiger partial charge is 0.370 e. The summed E-state index contributed by atoms with van der Waals surface area (Å²) in [5, 5.41) is 3.35. The minimum Gasteiger partial charge on any atom is -0.370 e. The zero-order chi connectivity index (χ0) is 10.1. The zero-order valence-electron chi connectivity index (χ0n) is 8.94. The molecule has 1 aliphatic heterocycles. The van der Waals surface area contributed by atoms with Gasteiger partial charge in [-0.05, 0) is 26.7 Å². The highest BCUT2D eigenvalue weighted by Gasteiger charge is 2.40. The van der Waals surface area contributed by atoms with E-state index in [0.29, 0.717) is 0 Å². The molecule has 0 spiro atoms. The molecule has 3 heteroatoms. The summed E-state index contributed by atoms with van der Waals surface area (Å²) >= 11 is 5.35. The summed E-state index contributed by atoms with van der Waals surface area (Å²) in [5.41, 5.74) is -0.213. The fourth-order valence-corrected chi connectivity index (χ4v) is 2.24. The number of thiocarbonyl (C=S) groups is 1. The van der Waals surface area contributed by atoms with Gasteiger partial charge < -0.3 is 10.1 Å². The third-order valence-electron chi connectivity index (χ3n) is 2.72. The van der Waals surface area contributed by atoms with Gasteiger partial charge in [0, 0.05) is 0 Å². The van der Waals surface area contributed by atoms with Crippen LogP contribution in [0.2, 0.25) is 0 Å². The second kappa shape index (κ2) is 3.54. The monoisotopic (exact) mass is 201 g/mol. The first-order valence-corrected chi connectivity index (χ1v) is 5.33. The summed E-state index contributed by atoms with van der Waals surface area (Å²) in [7, 11) is 0. The molecule has 76 valence electrons. The molecule has 0 atom stereocenters. The van der Waals surface area contributed by atoms with Crippen molar-refractivity contribution in [3.05, 3.63) is 0 Å². The van der Waals surface area contributed by atoms with Crippen molar-refractivity contribution in [3.8, 4) is 0 Å². The molecule has 0 aliphatic carbocycles. The molecule has 0 radical (unpaired) electrons. The van der Waals surface area contributed by atoms with Gasteiger partial charge >= 0.3 is 0 Å². The molecule has 1 fully saturated rings. The Bertz CT molecular complexity index is 209. The molecular formula is C10H19NOS. The van der Waals surface area contributed by atoms with Crippen molar-refractivity contribution in [2.75, 3.05) is 6.61 Å². The van der Waals surface area contributed by atoms with Gasteiger partial charge in [0.1, 0.15) is 10.6 Å². The molecule has 1 N–H and O–H groups in total. The summed E-state index contributed by atoms with van der Waals surface area (Å²) in [6.45, 7) is 9.18. The molecule has 13 heavy (non-hydrogen) atoms. The number of rotatable bonds is 2. The van der Waals surface area contributed by atoms with E-state index in [-0.39, 0.29) is 11.1 Å². The van der Waals surface area contributed by atoms with E-state index in [4.69, 9.17) is 17.0 Å². The normalized spacial score (nSPS) is 25.4. The lowest BCUT2D eigenvalue weighted by atomic mass is 9.92. The minimum absolute atomic E-state index is 0.00900. The van der Waals surface area contributed by atoms with Crippen LogP contribution >= 0.6 is 12.2 Å². The number of morpholine rings is 1. The predicted octanol–water partition coefficient (Wildman–Crippen LogP) is 2.27. The Hall–Kier alpha value is -0.150. The van der Waals surface area contributed by atoms with Crippen LogP contribution in [0.4, 0.5) is 0 Å². The molecule has 0 amide bonds. The molecule has 0 unspecified atom stereocenters. The van der Waals surface area contributed by atoms with Gasteiger partial charge in [0.25, 0.3) is 0 Å². The van der Waals surface area contributed by atoms with Crippen molar-refractivity contribution in [2.45, 2.75) is 51.7 Å². The van der Waals surface area contributed by atoms with Crippen LogP contribution in [-0.2, 0) is 4.74 Å². The minimum atomic E-state index is -0.204. The van der Waals surface area contributed by atoms with Crippen LogP contribution in [0.25, 0.3) is 0 Å². The van der Waals surface area contributed by atoms with Crippen molar-refractivity contribution in [2.24, 2.45) is 0 Å². The molecular weight excluding hydrogens is 182 g/mol. The van der Waals surface area contributed by atoms with Crippen molar-refractivity contribution in [1.29, 1.82) is 0 Å². The number of ether oxygens (including phenoxy) is 1. The molecule has 1 aliphatic rings. The lowest BCUT2D eigenvalue weighted by Gasteiger charge is -2.44. The van der Waals surface area contributed by atoms with Gasteiger partial charge in [-0.15, -0.1) is 0 Å². The van der Waals surface area contributed by atoms with E-state index in [1.54, 1.807) is 0 Å². The van der Waals surface area contributed by atoms with Crippen molar-refractivity contribution in [3.63, 3.8) is 0 Å². The molecule has 1 saturated heterocycles. The number of nitrogens with one attached hydrogen (secondary N) is 1. The highest BCUT2D eigenvalue weighted by Crippen LogP contribution is 2.28. The van der Waals surface area contributed by atoms with Crippen LogP contribution in [0.15, 0.2) is 0 Å². The number of hydrogen-bond donors (Lipinski definition) is 1. The average molecular weight is 201 g/mol. The van der Waals surface area contributed by atoms with Crippen LogP contribution in [-0.4, -0.2) is 22.7 Å². The van der Waals surface area contributed by atoms with Crippen LogP contribution in [0.1, 0.15) is 40.5 Å². The highest BCUT2D eigenvalue weighted by molar-refractivity contribution is 7.80. The van der Waals surface area contributed by atoms with Crippen LogP contribution in [0.3, 0.4) is 0 Å². The zero-order valence-corrected chi connectivity index (χ0v) is 9.75. The second-order valence-corrected chi connectivity index (χ2v) is 4.74. The maximum Gasteiger partial charge on any atom is 0.117 e. The van der Waals surface area contributed by atoms with Gasteiger partial charge in [0.15, 0.2) is 0 Å². The third kappa shape index (κ3) is 2.02. The Morgan fingerprint density at radius 3 is 2.31 bits per heavy atom. The Kier molecular flexibility index (Phi) is 2.98.